The number of hydrogen-bond acceptors (Lipinski definition) is 5. The number of amides is 2. The van der Waals surface area contributed by atoms with Crippen molar-refractivity contribution >= 4 is 28.5 Å². The summed E-state index contributed by atoms with van der Waals surface area (Å²) in [6.45, 7) is 0.347. The van der Waals surface area contributed by atoms with Crippen molar-refractivity contribution < 1.29 is 19.4 Å². The lowest BCUT2D eigenvalue weighted by molar-refractivity contribution is 0.0693. The number of aromatic nitrogens is 1. The number of anilines is 1. The molecule has 1 heterocycles. The molecule has 128 valence electrons. The van der Waals surface area contributed by atoms with Crippen LogP contribution in [0.5, 0.6) is 5.88 Å². The molecule has 0 aliphatic carbocycles. The molecule has 0 atom stereocenters. The van der Waals surface area contributed by atoms with E-state index in [1.165, 1.54) is 10.5 Å². The maximum atomic E-state index is 11.7. The van der Waals surface area contributed by atoms with Crippen molar-refractivity contribution in [2.45, 2.75) is 12.8 Å². The van der Waals surface area contributed by atoms with E-state index in [4.69, 9.17) is 4.74 Å². The fourth-order valence-electron chi connectivity index (χ4n) is 1.95. The third-order valence-corrected chi connectivity index (χ3v) is 3.94. The SMILES string of the molecule is CN(C)C(=O)Nc1snc(OCCCc2ccccc2)c1C(=O)O. The third kappa shape index (κ3) is 4.69. The Hall–Kier alpha value is -2.61. The Balaban J connectivity index is 1.96. The summed E-state index contributed by atoms with van der Waals surface area (Å²) in [5.41, 5.74) is 1.08. The van der Waals surface area contributed by atoms with Gasteiger partial charge in [0.25, 0.3) is 0 Å². The van der Waals surface area contributed by atoms with E-state index in [9.17, 15) is 14.7 Å². The van der Waals surface area contributed by atoms with Gasteiger partial charge in [-0.2, -0.15) is 4.37 Å². The summed E-state index contributed by atoms with van der Waals surface area (Å²) >= 11 is 0.890. The summed E-state index contributed by atoms with van der Waals surface area (Å²) in [5.74, 6) is -1.15. The number of nitrogens with zero attached hydrogens (tertiary/aromatic N) is 2. The zero-order valence-corrected chi connectivity index (χ0v) is 14.3. The number of urea groups is 1. The normalized spacial score (nSPS) is 10.2. The molecule has 2 rings (SSSR count). The number of nitrogens with one attached hydrogen (secondary N) is 1. The van der Waals surface area contributed by atoms with Crippen LogP contribution in [0, 0.1) is 0 Å². The number of ether oxygens (including phenoxy) is 1. The van der Waals surface area contributed by atoms with Gasteiger partial charge in [0.15, 0.2) is 5.56 Å². The van der Waals surface area contributed by atoms with E-state index in [2.05, 4.69) is 9.69 Å². The first-order chi connectivity index (χ1) is 11.5. The number of carbonyl (C=O) groups excluding carboxylic acids is 1. The Morgan fingerprint density at radius 3 is 2.62 bits per heavy atom. The van der Waals surface area contributed by atoms with Gasteiger partial charge in [-0.15, -0.1) is 0 Å². The van der Waals surface area contributed by atoms with Gasteiger partial charge in [-0.25, -0.2) is 9.59 Å². The van der Waals surface area contributed by atoms with Gasteiger partial charge in [-0.1, -0.05) is 30.3 Å². The van der Waals surface area contributed by atoms with Crippen LogP contribution in [0.2, 0.25) is 0 Å². The molecule has 7 nitrogen and oxygen atoms in total. The van der Waals surface area contributed by atoms with Crippen LogP contribution in [-0.2, 0) is 6.42 Å². The molecule has 8 heteroatoms. The molecule has 2 aromatic rings. The first-order valence-corrected chi connectivity index (χ1v) is 8.14. The number of rotatable bonds is 7. The highest BCUT2D eigenvalue weighted by atomic mass is 32.1. The second-order valence-electron chi connectivity index (χ2n) is 5.26. The Morgan fingerprint density at radius 1 is 1.29 bits per heavy atom. The van der Waals surface area contributed by atoms with Crippen molar-refractivity contribution in [1.29, 1.82) is 0 Å². The van der Waals surface area contributed by atoms with Gasteiger partial charge < -0.3 is 14.7 Å². The number of hydrogen-bond donors (Lipinski definition) is 2. The lowest BCUT2D eigenvalue weighted by Gasteiger charge is -2.11. The van der Waals surface area contributed by atoms with Gasteiger partial charge in [0.1, 0.15) is 5.00 Å². The molecule has 0 aliphatic heterocycles. The van der Waals surface area contributed by atoms with Crippen LogP contribution in [0.25, 0.3) is 0 Å². The van der Waals surface area contributed by atoms with Crippen LogP contribution in [0.15, 0.2) is 30.3 Å². The summed E-state index contributed by atoms with van der Waals surface area (Å²) in [7, 11) is 3.13. The number of carboxylic acids is 1. The van der Waals surface area contributed by atoms with Crippen LogP contribution in [-0.4, -0.2) is 47.1 Å². The summed E-state index contributed by atoms with van der Waals surface area (Å²) < 4.78 is 9.50. The summed E-state index contributed by atoms with van der Waals surface area (Å²) in [4.78, 5) is 24.4. The first-order valence-electron chi connectivity index (χ1n) is 7.37. The number of benzene rings is 1. The fraction of sp³-hybridized carbons (Fsp3) is 0.312. The van der Waals surface area contributed by atoms with E-state index < -0.39 is 12.0 Å². The minimum absolute atomic E-state index is 0.0367. The van der Waals surface area contributed by atoms with E-state index in [1.54, 1.807) is 14.1 Å². The highest BCUT2D eigenvalue weighted by Crippen LogP contribution is 2.30. The molecule has 0 aliphatic rings. The van der Waals surface area contributed by atoms with Crippen molar-refractivity contribution in [3.05, 3.63) is 41.5 Å². The number of carboxylic acid groups (broad SMARTS) is 1. The average molecular weight is 349 g/mol. The van der Waals surface area contributed by atoms with E-state index >= 15 is 0 Å². The molecule has 24 heavy (non-hydrogen) atoms. The maximum absolute atomic E-state index is 11.7. The van der Waals surface area contributed by atoms with Crippen molar-refractivity contribution in [2.24, 2.45) is 0 Å². The highest BCUT2D eigenvalue weighted by molar-refractivity contribution is 7.11. The van der Waals surface area contributed by atoms with E-state index in [0.717, 1.165) is 24.4 Å². The molecule has 0 bridgehead atoms. The monoisotopic (exact) mass is 349 g/mol. The summed E-state index contributed by atoms with van der Waals surface area (Å²) in [5, 5.41) is 12.0. The van der Waals surface area contributed by atoms with Crippen molar-refractivity contribution in [2.75, 3.05) is 26.0 Å². The van der Waals surface area contributed by atoms with Crippen LogP contribution in [0.3, 0.4) is 0 Å². The van der Waals surface area contributed by atoms with Gasteiger partial charge >= 0.3 is 12.0 Å². The molecule has 1 aromatic carbocycles. The molecule has 0 spiro atoms. The van der Waals surface area contributed by atoms with Crippen molar-refractivity contribution in [3.63, 3.8) is 0 Å². The molecule has 0 radical (unpaired) electrons. The standard InChI is InChI=1S/C16H19N3O4S/c1-19(2)16(22)17-14-12(15(20)21)13(18-24-14)23-10-6-9-11-7-4-3-5-8-11/h3-5,7-8H,6,9-10H2,1-2H3,(H,17,22)(H,20,21). The Morgan fingerprint density at radius 2 is 2.00 bits per heavy atom. The molecule has 1 aromatic heterocycles. The molecule has 2 amide bonds. The summed E-state index contributed by atoms with van der Waals surface area (Å²) in [6, 6.07) is 9.54. The Labute approximate surface area is 144 Å². The minimum Gasteiger partial charge on any atom is -0.477 e. The lowest BCUT2D eigenvalue weighted by atomic mass is 10.1. The maximum Gasteiger partial charge on any atom is 0.344 e. The van der Waals surface area contributed by atoms with Crippen molar-refractivity contribution in [3.8, 4) is 5.88 Å². The van der Waals surface area contributed by atoms with Gasteiger partial charge in [0, 0.05) is 14.1 Å². The average Bonchev–Trinajstić information content (AvgIpc) is 2.95. The Kier molecular flexibility index (Phi) is 6.14. The predicted octanol–water partition coefficient (Wildman–Crippen LogP) is 2.95. The zero-order chi connectivity index (χ0) is 17.5. The van der Waals surface area contributed by atoms with Crippen LogP contribution in [0.1, 0.15) is 22.3 Å². The predicted molar refractivity (Wildman–Crippen MR) is 92.0 cm³/mol. The topological polar surface area (TPSA) is 91.8 Å². The molecule has 0 saturated carbocycles. The van der Waals surface area contributed by atoms with Gasteiger partial charge in [-0.3, -0.25) is 5.32 Å². The zero-order valence-electron chi connectivity index (χ0n) is 13.5. The smallest absolute Gasteiger partial charge is 0.344 e. The second-order valence-corrected chi connectivity index (χ2v) is 6.03. The largest absolute Gasteiger partial charge is 0.477 e. The van der Waals surface area contributed by atoms with Crippen molar-refractivity contribution in [1.82, 2.24) is 9.27 Å². The number of carbonyl (C=O) groups is 2. The Bertz CT molecular complexity index is 701. The van der Waals surface area contributed by atoms with E-state index in [0.29, 0.717) is 6.61 Å². The second kappa shape index (κ2) is 8.30. The van der Waals surface area contributed by atoms with Gasteiger partial charge in [0.05, 0.1) is 6.61 Å². The number of aromatic carboxylic acids is 1. The highest BCUT2D eigenvalue weighted by Gasteiger charge is 2.23. The van der Waals surface area contributed by atoms with E-state index in [1.807, 2.05) is 30.3 Å². The summed E-state index contributed by atoms with van der Waals surface area (Å²) in [6.07, 6.45) is 1.57. The fourth-order valence-corrected chi connectivity index (χ4v) is 2.66. The number of aryl methyl sites for hydroxylation is 1. The van der Waals surface area contributed by atoms with Crippen LogP contribution in [0.4, 0.5) is 9.80 Å². The van der Waals surface area contributed by atoms with Crippen LogP contribution < -0.4 is 10.1 Å². The molecule has 2 N–H and O–H groups in total. The van der Waals surface area contributed by atoms with Gasteiger partial charge in [-0.05, 0) is 29.9 Å². The molecule has 0 saturated heterocycles. The lowest BCUT2D eigenvalue weighted by Crippen LogP contribution is -2.27. The molecular weight excluding hydrogens is 330 g/mol. The quantitative estimate of drug-likeness (QED) is 0.750. The minimum atomic E-state index is -1.18. The van der Waals surface area contributed by atoms with Crippen LogP contribution >= 0.6 is 11.5 Å². The molecule has 0 unspecified atom stereocenters. The van der Waals surface area contributed by atoms with Gasteiger partial charge in [0.2, 0.25) is 5.88 Å². The van der Waals surface area contributed by atoms with E-state index in [-0.39, 0.29) is 16.4 Å². The molecular formula is C16H19N3O4S. The molecule has 0 fully saturated rings. The third-order valence-electron chi connectivity index (χ3n) is 3.19. The first kappa shape index (κ1) is 17.7.